The van der Waals surface area contributed by atoms with Gasteiger partial charge in [-0.2, -0.15) is 5.10 Å². The first-order valence-electron chi connectivity index (χ1n) is 8.50. The minimum Gasteiger partial charge on any atom is -0.507 e. The first kappa shape index (κ1) is 20.4. The van der Waals surface area contributed by atoms with Crippen LogP contribution >= 0.6 is 0 Å². The number of phenols is 1. The third-order valence-electron chi connectivity index (χ3n) is 4.46. The number of phenolic OH excluding ortho intramolecular Hbond substituents is 1. The average molecular weight is 412 g/mol. The number of pyridine rings is 1. The zero-order chi connectivity index (χ0) is 22.2. The van der Waals surface area contributed by atoms with Crippen LogP contribution in [0.25, 0.3) is 11.0 Å². The summed E-state index contributed by atoms with van der Waals surface area (Å²) in [5, 5.41) is 24.4. The molecule has 12 nitrogen and oxygen atoms in total. The van der Waals surface area contributed by atoms with Crippen LogP contribution in [0.1, 0.15) is 21.6 Å². The van der Waals surface area contributed by atoms with Crippen molar-refractivity contribution in [3.63, 3.8) is 0 Å². The summed E-state index contributed by atoms with van der Waals surface area (Å²) >= 11 is 0. The molecule has 0 aliphatic heterocycles. The number of hydrogen-bond acceptors (Lipinski definition) is 8. The normalized spacial score (nSPS) is 11.2. The maximum absolute atomic E-state index is 12.5. The van der Waals surface area contributed by atoms with Gasteiger partial charge in [0.2, 0.25) is 0 Å². The number of nitro benzene ring substituents is 1. The number of carbonyl (C=O) groups excluding carboxylic acids is 1. The summed E-state index contributed by atoms with van der Waals surface area (Å²) in [5.74, 6) is -0.953. The second kappa shape index (κ2) is 7.58. The van der Waals surface area contributed by atoms with Crippen molar-refractivity contribution < 1.29 is 14.8 Å². The Labute approximate surface area is 167 Å². The van der Waals surface area contributed by atoms with Crippen LogP contribution in [0.4, 0.5) is 5.69 Å². The third kappa shape index (κ3) is 3.53. The van der Waals surface area contributed by atoms with Crippen molar-refractivity contribution in [3.05, 3.63) is 72.0 Å². The molecule has 30 heavy (non-hydrogen) atoms. The highest BCUT2D eigenvalue weighted by atomic mass is 16.6. The fourth-order valence-electron chi connectivity index (χ4n) is 2.80. The molecule has 0 unspecified atom stereocenters. The summed E-state index contributed by atoms with van der Waals surface area (Å²) < 4.78 is 2.11. The van der Waals surface area contributed by atoms with E-state index in [-0.39, 0.29) is 39.3 Å². The molecule has 0 radical (unpaired) electrons. The van der Waals surface area contributed by atoms with E-state index in [0.29, 0.717) is 0 Å². The van der Waals surface area contributed by atoms with E-state index in [4.69, 9.17) is 0 Å². The number of hydrogen-bond donors (Lipinski definition) is 2. The van der Waals surface area contributed by atoms with Crippen LogP contribution in [0.15, 0.2) is 39.0 Å². The van der Waals surface area contributed by atoms with Crippen LogP contribution in [0.3, 0.4) is 0 Å². The number of aromatic hydroxyl groups is 1. The molecule has 0 aliphatic carbocycles. The molecule has 1 aromatic carbocycles. The second-order valence-electron chi connectivity index (χ2n) is 6.40. The number of carbonyl (C=O) groups is 1. The minimum atomic E-state index is -0.695. The smallest absolute Gasteiger partial charge is 0.332 e. The molecular formula is C18H16N6O6. The first-order chi connectivity index (χ1) is 14.1. The summed E-state index contributed by atoms with van der Waals surface area (Å²) in [6.45, 7) is 1.53. The molecule has 12 heteroatoms. The number of aromatic nitrogens is 3. The lowest BCUT2D eigenvalue weighted by atomic mass is 10.1. The van der Waals surface area contributed by atoms with Gasteiger partial charge in [-0.05, 0) is 19.1 Å². The number of amides is 1. The molecule has 3 aromatic rings. The van der Waals surface area contributed by atoms with Gasteiger partial charge < -0.3 is 5.11 Å². The Morgan fingerprint density at radius 1 is 1.27 bits per heavy atom. The molecule has 0 atom stereocenters. The molecule has 154 valence electrons. The number of fused-ring (bicyclic) bond motifs is 1. The third-order valence-corrected chi connectivity index (χ3v) is 4.46. The van der Waals surface area contributed by atoms with Crippen molar-refractivity contribution in [3.8, 4) is 5.75 Å². The molecule has 2 N–H and O–H groups in total. The van der Waals surface area contributed by atoms with Gasteiger partial charge >= 0.3 is 5.69 Å². The van der Waals surface area contributed by atoms with Crippen molar-refractivity contribution in [1.82, 2.24) is 19.5 Å². The summed E-state index contributed by atoms with van der Waals surface area (Å²) in [5.41, 5.74) is 1.31. The van der Waals surface area contributed by atoms with Crippen LogP contribution in [0, 0.1) is 17.0 Å². The van der Waals surface area contributed by atoms with Crippen LogP contribution < -0.4 is 16.7 Å². The van der Waals surface area contributed by atoms with E-state index in [1.54, 1.807) is 0 Å². The van der Waals surface area contributed by atoms with Gasteiger partial charge in [-0.25, -0.2) is 15.2 Å². The predicted octanol–water partition coefficient (Wildman–Crippen LogP) is 0.318. The Morgan fingerprint density at radius 2 is 1.97 bits per heavy atom. The van der Waals surface area contributed by atoms with Gasteiger partial charge in [0.25, 0.3) is 17.2 Å². The van der Waals surface area contributed by atoms with Gasteiger partial charge in [0.05, 0.1) is 27.8 Å². The van der Waals surface area contributed by atoms with Crippen LogP contribution in [0.5, 0.6) is 5.75 Å². The monoisotopic (exact) mass is 412 g/mol. The average Bonchev–Trinajstić information content (AvgIpc) is 2.71. The van der Waals surface area contributed by atoms with E-state index in [1.165, 1.54) is 31.7 Å². The zero-order valence-corrected chi connectivity index (χ0v) is 16.1. The fourth-order valence-corrected chi connectivity index (χ4v) is 2.80. The molecule has 0 aliphatic rings. The standard InChI is InChI=1S/C18H16N6O6/c1-9-12(7-13-15(20-9)22(2)18(28)23(3)17(13)27)16(26)21-19-8-10-6-11(24(29)30)4-5-14(10)25/h4-8,25H,1-3H3,(H,21,26)/b19-8-. The van der Waals surface area contributed by atoms with Gasteiger partial charge in [0.15, 0.2) is 0 Å². The number of benzene rings is 1. The topological polar surface area (TPSA) is 162 Å². The van der Waals surface area contributed by atoms with E-state index >= 15 is 0 Å². The Morgan fingerprint density at radius 3 is 2.63 bits per heavy atom. The molecule has 2 heterocycles. The predicted molar refractivity (Wildman–Crippen MR) is 107 cm³/mol. The molecule has 0 spiro atoms. The number of hydrazone groups is 1. The van der Waals surface area contributed by atoms with E-state index < -0.39 is 22.1 Å². The van der Waals surface area contributed by atoms with Gasteiger partial charge in [-0.15, -0.1) is 0 Å². The summed E-state index contributed by atoms with van der Waals surface area (Å²) in [4.78, 5) is 51.3. The van der Waals surface area contributed by atoms with Crippen LogP contribution in [-0.4, -0.2) is 36.3 Å². The van der Waals surface area contributed by atoms with E-state index in [2.05, 4.69) is 15.5 Å². The van der Waals surface area contributed by atoms with E-state index in [0.717, 1.165) is 29.0 Å². The van der Waals surface area contributed by atoms with E-state index in [1.807, 2.05) is 0 Å². The van der Waals surface area contributed by atoms with Crippen molar-refractivity contribution in [2.75, 3.05) is 0 Å². The van der Waals surface area contributed by atoms with E-state index in [9.17, 15) is 29.6 Å². The molecule has 0 fully saturated rings. The Bertz CT molecular complexity index is 1350. The Balaban J connectivity index is 1.95. The molecule has 0 saturated heterocycles. The van der Waals surface area contributed by atoms with Crippen LogP contribution in [-0.2, 0) is 14.1 Å². The Hall–Kier alpha value is -4.35. The highest BCUT2D eigenvalue weighted by Crippen LogP contribution is 2.21. The summed E-state index contributed by atoms with van der Waals surface area (Å²) in [6.07, 6.45) is 1.05. The number of nitrogens with zero attached hydrogens (tertiary/aromatic N) is 5. The largest absolute Gasteiger partial charge is 0.507 e. The Kier molecular flexibility index (Phi) is 5.15. The minimum absolute atomic E-state index is 0.0294. The number of nitro groups is 1. The highest BCUT2D eigenvalue weighted by molar-refractivity contribution is 5.98. The first-order valence-corrected chi connectivity index (χ1v) is 8.50. The van der Waals surface area contributed by atoms with Gasteiger partial charge in [-0.3, -0.25) is 28.8 Å². The maximum Gasteiger partial charge on any atom is 0.332 e. The number of rotatable bonds is 4. The maximum atomic E-state index is 12.5. The highest BCUT2D eigenvalue weighted by Gasteiger charge is 2.16. The van der Waals surface area contributed by atoms with Crippen LogP contribution in [0.2, 0.25) is 0 Å². The zero-order valence-electron chi connectivity index (χ0n) is 16.1. The van der Waals surface area contributed by atoms with Crippen molar-refractivity contribution in [2.45, 2.75) is 6.92 Å². The lowest BCUT2D eigenvalue weighted by Gasteiger charge is -2.10. The fraction of sp³-hybridized carbons (Fsp3) is 0.167. The molecular weight excluding hydrogens is 396 g/mol. The second-order valence-corrected chi connectivity index (χ2v) is 6.40. The number of non-ortho nitro benzene ring substituents is 1. The SMILES string of the molecule is Cc1nc2c(cc1C(=O)N/N=C\c1cc([N+](=O)[O-])ccc1O)c(=O)n(C)c(=O)n2C. The molecule has 2 aromatic heterocycles. The lowest BCUT2D eigenvalue weighted by Crippen LogP contribution is -2.37. The van der Waals surface area contributed by atoms with Gasteiger partial charge in [0.1, 0.15) is 11.4 Å². The lowest BCUT2D eigenvalue weighted by molar-refractivity contribution is -0.384. The summed E-state index contributed by atoms with van der Waals surface area (Å²) in [6, 6.07) is 4.68. The molecule has 0 saturated carbocycles. The molecule has 1 amide bonds. The number of nitrogens with one attached hydrogen (secondary N) is 1. The summed E-state index contributed by atoms with van der Waals surface area (Å²) in [7, 11) is 2.78. The molecule has 3 rings (SSSR count). The molecule has 0 bridgehead atoms. The van der Waals surface area contributed by atoms with Gasteiger partial charge in [-0.1, -0.05) is 0 Å². The number of aryl methyl sites for hydroxylation is 2. The van der Waals surface area contributed by atoms with Gasteiger partial charge in [0, 0.05) is 31.8 Å². The quantitative estimate of drug-likeness (QED) is 0.354. The van der Waals surface area contributed by atoms with Crippen molar-refractivity contribution in [2.24, 2.45) is 19.2 Å². The van der Waals surface area contributed by atoms with Crippen molar-refractivity contribution >= 4 is 28.8 Å². The van der Waals surface area contributed by atoms with Crippen molar-refractivity contribution in [1.29, 1.82) is 0 Å².